The molecule has 2 N–H and O–H groups in total. The summed E-state index contributed by atoms with van der Waals surface area (Å²) in [5, 5.41) is 5.69. The van der Waals surface area contributed by atoms with Crippen molar-refractivity contribution in [2.75, 3.05) is 23.8 Å². The zero-order chi connectivity index (χ0) is 16.9. The van der Waals surface area contributed by atoms with Gasteiger partial charge in [-0.2, -0.15) is 0 Å². The van der Waals surface area contributed by atoms with E-state index in [0.29, 0.717) is 18.1 Å². The van der Waals surface area contributed by atoms with Crippen LogP contribution < -0.4 is 10.6 Å². The molecule has 0 aliphatic carbocycles. The molecule has 0 spiro atoms. The molecule has 1 saturated heterocycles. The van der Waals surface area contributed by atoms with E-state index in [4.69, 9.17) is 16.3 Å². The summed E-state index contributed by atoms with van der Waals surface area (Å²) in [6.45, 7) is 1.41. The van der Waals surface area contributed by atoms with Crippen LogP contribution in [-0.2, 0) is 4.74 Å². The summed E-state index contributed by atoms with van der Waals surface area (Å²) >= 11 is 5.70. The lowest BCUT2D eigenvalue weighted by atomic mass is 10.2. The number of carbonyl (C=O) groups is 1. The zero-order valence-electron chi connectivity index (χ0n) is 12.8. The van der Waals surface area contributed by atoms with Crippen LogP contribution in [0, 0.1) is 5.82 Å². The van der Waals surface area contributed by atoms with Crippen LogP contribution in [0.15, 0.2) is 30.6 Å². The highest BCUT2D eigenvalue weighted by atomic mass is 35.5. The molecule has 6 nitrogen and oxygen atoms in total. The predicted molar refractivity (Wildman–Crippen MR) is 88.9 cm³/mol. The molecule has 0 saturated carbocycles. The number of hydrogen-bond acceptors (Lipinski definition) is 5. The molecule has 8 heteroatoms. The maximum absolute atomic E-state index is 13.1. The van der Waals surface area contributed by atoms with Crippen molar-refractivity contribution in [3.63, 3.8) is 0 Å². The van der Waals surface area contributed by atoms with E-state index in [0.717, 1.165) is 19.4 Å². The van der Waals surface area contributed by atoms with Gasteiger partial charge in [-0.15, -0.1) is 0 Å². The van der Waals surface area contributed by atoms with Gasteiger partial charge in [-0.3, -0.25) is 4.79 Å². The molecule has 0 radical (unpaired) electrons. The topological polar surface area (TPSA) is 76.1 Å². The Labute approximate surface area is 143 Å². The second-order valence-electron chi connectivity index (χ2n) is 5.39. The fourth-order valence-electron chi connectivity index (χ4n) is 2.37. The number of nitrogens with zero attached hydrogens (tertiary/aromatic N) is 2. The summed E-state index contributed by atoms with van der Waals surface area (Å²) in [6.07, 6.45) is 3.55. The quantitative estimate of drug-likeness (QED) is 0.866. The van der Waals surface area contributed by atoms with Crippen LogP contribution in [0.3, 0.4) is 0 Å². The first kappa shape index (κ1) is 16.6. The number of halogens is 2. The highest BCUT2D eigenvalue weighted by Gasteiger charge is 2.16. The van der Waals surface area contributed by atoms with E-state index in [-0.39, 0.29) is 16.8 Å². The SMILES string of the molecule is O=C(Nc1ccc(F)c(Cl)c1)c1cc(NCC2CCCO2)ncn1. The lowest BCUT2D eigenvalue weighted by Crippen LogP contribution is -2.20. The van der Waals surface area contributed by atoms with Gasteiger partial charge in [-0.1, -0.05) is 11.6 Å². The van der Waals surface area contributed by atoms with Gasteiger partial charge in [0.1, 0.15) is 23.7 Å². The van der Waals surface area contributed by atoms with Crippen molar-refractivity contribution in [3.05, 3.63) is 47.1 Å². The molecular weight excluding hydrogens is 335 g/mol. The Balaban J connectivity index is 1.63. The molecule has 2 heterocycles. The number of nitrogens with one attached hydrogen (secondary N) is 2. The largest absolute Gasteiger partial charge is 0.376 e. The van der Waals surface area contributed by atoms with Crippen LogP contribution in [0.1, 0.15) is 23.3 Å². The summed E-state index contributed by atoms with van der Waals surface area (Å²) < 4.78 is 18.7. The van der Waals surface area contributed by atoms with Gasteiger partial charge < -0.3 is 15.4 Å². The molecule has 1 unspecified atom stereocenters. The number of hydrogen-bond donors (Lipinski definition) is 2. The minimum absolute atomic E-state index is 0.0607. The van der Waals surface area contributed by atoms with E-state index in [1.54, 1.807) is 6.07 Å². The number of amides is 1. The minimum atomic E-state index is -0.544. The molecule has 2 aromatic rings. The van der Waals surface area contributed by atoms with Gasteiger partial charge in [0.25, 0.3) is 5.91 Å². The van der Waals surface area contributed by atoms with E-state index in [1.165, 1.54) is 24.5 Å². The van der Waals surface area contributed by atoms with Gasteiger partial charge in [0.05, 0.1) is 11.1 Å². The maximum Gasteiger partial charge on any atom is 0.274 e. The number of anilines is 2. The average molecular weight is 351 g/mol. The van der Waals surface area contributed by atoms with Crippen LogP contribution in [0.2, 0.25) is 5.02 Å². The maximum atomic E-state index is 13.1. The fourth-order valence-corrected chi connectivity index (χ4v) is 2.55. The van der Waals surface area contributed by atoms with Crippen LogP contribution in [-0.4, -0.2) is 35.1 Å². The van der Waals surface area contributed by atoms with Crippen LogP contribution in [0.25, 0.3) is 0 Å². The summed E-state index contributed by atoms with van der Waals surface area (Å²) in [6, 6.07) is 5.51. The molecular formula is C16H16ClFN4O2. The van der Waals surface area contributed by atoms with Crippen molar-refractivity contribution in [3.8, 4) is 0 Å². The third kappa shape index (κ3) is 4.18. The Kier molecular flexibility index (Phi) is 5.22. The van der Waals surface area contributed by atoms with Crippen molar-refractivity contribution in [2.45, 2.75) is 18.9 Å². The predicted octanol–water partition coefficient (Wildman–Crippen LogP) is 3.11. The lowest BCUT2D eigenvalue weighted by molar-refractivity contribution is 0.102. The summed E-state index contributed by atoms with van der Waals surface area (Å²) in [4.78, 5) is 20.3. The molecule has 0 bridgehead atoms. The van der Waals surface area contributed by atoms with E-state index in [2.05, 4.69) is 20.6 Å². The molecule has 3 rings (SSSR count). The molecule has 1 aliphatic heterocycles. The Morgan fingerprint density at radius 1 is 1.38 bits per heavy atom. The summed E-state index contributed by atoms with van der Waals surface area (Å²) in [5.41, 5.74) is 0.583. The van der Waals surface area contributed by atoms with Gasteiger partial charge in [0.15, 0.2) is 0 Å². The van der Waals surface area contributed by atoms with Gasteiger partial charge in [0, 0.05) is 24.9 Å². The highest BCUT2D eigenvalue weighted by Crippen LogP contribution is 2.20. The minimum Gasteiger partial charge on any atom is -0.376 e. The van der Waals surface area contributed by atoms with Gasteiger partial charge in [0.2, 0.25) is 0 Å². The Bertz CT molecular complexity index is 738. The number of carbonyl (C=O) groups excluding carboxylic acids is 1. The van der Waals surface area contributed by atoms with E-state index in [9.17, 15) is 9.18 Å². The highest BCUT2D eigenvalue weighted by molar-refractivity contribution is 6.31. The average Bonchev–Trinajstić information content (AvgIpc) is 3.10. The number of benzene rings is 1. The number of aromatic nitrogens is 2. The van der Waals surface area contributed by atoms with Crippen molar-refractivity contribution < 1.29 is 13.9 Å². The lowest BCUT2D eigenvalue weighted by Gasteiger charge is -2.11. The smallest absolute Gasteiger partial charge is 0.274 e. The molecule has 1 aliphatic rings. The molecule has 1 fully saturated rings. The van der Waals surface area contributed by atoms with E-state index >= 15 is 0 Å². The first-order valence-electron chi connectivity index (χ1n) is 7.56. The zero-order valence-corrected chi connectivity index (χ0v) is 13.5. The summed E-state index contributed by atoms with van der Waals surface area (Å²) in [5.74, 6) is -0.430. The molecule has 24 heavy (non-hydrogen) atoms. The normalized spacial score (nSPS) is 16.8. The van der Waals surface area contributed by atoms with Crippen LogP contribution in [0.5, 0.6) is 0 Å². The Morgan fingerprint density at radius 3 is 3.00 bits per heavy atom. The van der Waals surface area contributed by atoms with Crippen molar-refractivity contribution in [2.24, 2.45) is 0 Å². The van der Waals surface area contributed by atoms with Crippen molar-refractivity contribution >= 4 is 29.0 Å². The van der Waals surface area contributed by atoms with Crippen LogP contribution >= 0.6 is 11.6 Å². The van der Waals surface area contributed by atoms with E-state index in [1.807, 2.05) is 0 Å². The van der Waals surface area contributed by atoms with Gasteiger partial charge >= 0.3 is 0 Å². The van der Waals surface area contributed by atoms with Crippen molar-refractivity contribution in [1.29, 1.82) is 0 Å². The third-order valence-electron chi connectivity index (χ3n) is 3.61. The van der Waals surface area contributed by atoms with Gasteiger partial charge in [-0.05, 0) is 31.0 Å². The van der Waals surface area contributed by atoms with E-state index < -0.39 is 11.7 Å². The third-order valence-corrected chi connectivity index (χ3v) is 3.90. The monoisotopic (exact) mass is 350 g/mol. The number of ether oxygens (including phenoxy) is 1. The van der Waals surface area contributed by atoms with Gasteiger partial charge in [-0.25, -0.2) is 14.4 Å². The van der Waals surface area contributed by atoms with Crippen LogP contribution in [0.4, 0.5) is 15.9 Å². The first-order valence-corrected chi connectivity index (χ1v) is 7.93. The van der Waals surface area contributed by atoms with Crippen molar-refractivity contribution in [1.82, 2.24) is 9.97 Å². The molecule has 1 amide bonds. The number of rotatable bonds is 5. The summed E-state index contributed by atoms with van der Waals surface area (Å²) in [7, 11) is 0. The Morgan fingerprint density at radius 2 is 2.25 bits per heavy atom. The second-order valence-corrected chi connectivity index (χ2v) is 5.79. The standard InChI is InChI=1S/C16H16ClFN4O2/c17-12-6-10(3-4-13(12)18)22-16(23)14-7-15(21-9-20-14)19-8-11-2-1-5-24-11/h3-4,6-7,9,11H,1-2,5,8H2,(H,22,23)(H,19,20,21). The molecule has 126 valence electrons. The first-order chi connectivity index (χ1) is 11.6. The molecule has 1 aromatic heterocycles. The Hall–Kier alpha value is -2.25. The molecule has 1 aromatic carbocycles. The fraction of sp³-hybridized carbons (Fsp3) is 0.312. The molecule has 1 atom stereocenters. The second kappa shape index (κ2) is 7.55.